The molecule has 56 valence electrons. The number of nitrogens with one attached hydrogen (secondary N) is 1. The van der Waals surface area contributed by atoms with Gasteiger partial charge in [-0.2, -0.15) is 5.10 Å². The summed E-state index contributed by atoms with van der Waals surface area (Å²) in [6, 6.07) is 0. The number of hydrogen-bond acceptors (Lipinski definition) is 2. The lowest BCUT2D eigenvalue weighted by atomic mass is 10.7. The average Bonchev–Trinajstić information content (AvgIpc) is 2.15. The van der Waals surface area contributed by atoms with Gasteiger partial charge in [0.1, 0.15) is 6.33 Å². The maximum atomic E-state index is 11.7. The molecule has 0 saturated heterocycles. The Hall–Kier alpha value is -0.780. The van der Waals surface area contributed by atoms with E-state index in [1.165, 1.54) is 10.9 Å². The van der Waals surface area contributed by atoms with Crippen LogP contribution in [0.1, 0.15) is 0 Å². The zero-order valence-electron chi connectivity index (χ0n) is 4.92. The van der Waals surface area contributed by atoms with Gasteiger partial charge in [-0.15, -0.1) is 0 Å². The van der Waals surface area contributed by atoms with Crippen molar-refractivity contribution in [3.8, 4) is 0 Å². The minimum absolute atomic E-state index is 0.223. The third kappa shape index (κ3) is 1.60. The van der Waals surface area contributed by atoms with E-state index in [-0.39, 0.29) is 4.77 Å². The predicted molar refractivity (Wildman–Crippen MR) is 33.4 cm³/mol. The van der Waals surface area contributed by atoms with Crippen LogP contribution >= 0.6 is 12.2 Å². The molecule has 1 N–H and O–H groups in total. The molecule has 0 aliphatic carbocycles. The highest BCUT2D eigenvalue weighted by Crippen LogP contribution is 1.97. The van der Waals surface area contributed by atoms with E-state index >= 15 is 0 Å². The molecule has 0 spiro atoms. The summed E-state index contributed by atoms with van der Waals surface area (Å²) in [7, 11) is 0. The van der Waals surface area contributed by atoms with E-state index in [2.05, 4.69) is 22.4 Å². The molecule has 0 aromatic carbocycles. The summed E-state index contributed by atoms with van der Waals surface area (Å²) < 4.78 is 24.7. The number of alkyl halides is 2. The number of aromatic amines is 1. The van der Waals surface area contributed by atoms with Crippen LogP contribution in [0.4, 0.5) is 8.78 Å². The van der Waals surface area contributed by atoms with E-state index in [9.17, 15) is 8.78 Å². The molecule has 1 heterocycles. The Balaban J connectivity index is 2.75. The molecule has 0 bridgehead atoms. The molecule has 10 heavy (non-hydrogen) atoms. The Bertz CT molecular complexity index is 253. The second kappa shape index (κ2) is 2.87. The third-order valence-electron chi connectivity index (χ3n) is 0.953. The predicted octanol–water partition coefficient (Wildman–Crippen LogP) is 1.21. The summed E-state index contributed by atoms with van der Waals surface area (Å²) in [5.41, 5.74) is 0. The van der Waals surface area contributed by atoms with Gasteiger partial charge in [0, 0.05) is 0 Å². The van der Waals surface area contributed by atoms with Crippen LogP contribution in [-0.4, -0.2) is 21.2 Å². The first-order chi connectivity index (χ1) is 4.70. The highest BCUT2D eigenvalue weighted by molar-refractivity contribution is 7.71. The van der Waals surface area contributed by atoms with Gasteiger partial charge < -0.3 is 4.57 Å². The first-order valence-corrected chi connectivity index (χ1v) is 2.99. The SMILES string of the molecule is FC(F)Cn1cn[nH]c1=S. The fraction of sp³-hybridized carbons (Fsp3) is 0.500. The van der Waals surface area contributed by atoms with Crippen molar-refractivity contribution >= 4 is 12.2 Å². The Morgan fingerprint density at radius 1 is 1.80 bits per heavy atom. The summed E-state index contributed by atoms with van der Waals surface area (Å²) in [5.74, 6) is 0. The highest BCUT2D eigenvalue weighted by Gasteiger charge is 2.03. The molecule has 0 aliphatic rings. The summed E-state index contributed by atoms with van der Waals surface area (Å²) >= 11 is 4.62. The van der Waals surface area contributed by atoms with Crippen molar-refractivity contribution in [2.45, 2.75) is 13.0 Å². The van der Waals surface area contributed by atoms with E-state index < -0.39 is 13.0 Å². The largest absolute Gasteiger partial charge is 0.301 e. The average molecular weight is 165 g/mol. The van der Waals surface area contributed by atoms with Gasteiger partial charge in [0.05, 0.1) is 6.54 Å². The van der Waals surface area contributed by atoms with Crippen LogP contribution in [0.15, 0.2) is 6.33 Å². The molecule has 0 unspecified atom stereocenters. The standard InChI is InChI=1S/C4H5F2N3S/c5-3(6)1-9-2-7-8-4(9)10/h2-3H,1H2,(H,8,10). The molecular formula is C4H5F2N3S. The van der Waals surface area contributed by atoms with Gasteiger partial charge in [-0.1, -0.05) is 0 Å². The van der Waals surface area contributed by atoms with Gasteiger partial charge in [0.25, 0.3) is 6.43 Å². The molecular weight excluding hydrogens is 160 g/mol. The fourth-order valence-corrected chi connectivity index (χ4v) is 0.724. The van der Waals surface area contributed by atoms with Gasteiger partial charge in [-0.25, -0.2) is 8.78 Å². The lowest BCUT2D eigenvalue weighted by Crippen LogP contribution is -2.04. The first kappa shape index (κ1) is 7.33. The lowest BCUT2D eigenvalue weighted by molar-refractivity contribution is 0.126. The maximum absolute atomic E-state index is 11.7. The van der Waals surface area contributed by atoms with Crippen molar-refractivity contribution in [1.82, 2.24) is 14.8 Å². The van der Waals surface area contributed by atoms with E-state index in [0.717, 1.165) is 0 Å². The number of rotatable bonds is 2. The molecule has 3 nitrogen and oxygen atoms in total. The summed E-state index contributed by atoms with van der Waals surface area (Å²) in [5, 5.41) is 5.84. The molecule has 0 fully saturated rings. The van der Waals surface area contributed by atoms with Gasteiger partial charge in [0.15, 0.2) is 4.77 Å². The Morgan fingerprint density at radius 3 is 2.90 bits per heavy atom. The van der Waals surface area contributed by atoms with Crippen LogP contribution in [0.25, 0.3) is 0 Å². The number of nitrogens with zero attached hydrogens (tertiary/aromatic N) is 2. The maximum Gasteiger partial charge on any atom is 0.256 e. The van der Waals surface area contributed by atoms with Gasteiger partial charge in [0.2, 0.25) is 0 Å². The van der Waals surface area contributed by atoms with Crippen molar-refractivity contribution in [2.24, 2.45) is 0 Å². The lowest BCUT2D eigenvalue weighted by Gasteiger charge is -1.96. The molecule has 1 aromatic heterocycles. The molecule has 0 aliphatic heterocycles. The van der Waals surface area contributed by atoms with E-state index in [1.807, 2.05) is 0 Å². The molecule has 1 rings (SSSR count). The minimum Gasteiger partial charge on any atom is -0.301 e. The van der Waals surface area contributed by atoms with Crippen LogP contribution in [0.2, 0.25) is 0 Å². The quantitative estimate of drug-likeness (QED) is 0.668. The van der Waals surface area contributed by atoms with Gasteiger partial charge in [-0.3, -0.25) is 5.10 Å². The Labute approximate surface area is 60.7 Å². The zero-order valence-corrected chi connectivity index (χ0v) is 5.74. The smallest absolute Gasteiger partial charge is 0.256 e. The van der Waals surface area contributed by atoms with E-state index in [0.29, 0.717) is 0 Å². The van der Waals surface area contributed by atoms with Gasteiger partial charge in [-0.05, 0) is 12.2 Å². The Morgan fingerprint density at radius 2 is 2.50 bits per heavy atom. The number of aromatic nitrogens is 3. The monoisotopic (exact) mass is 165 g/mol. The summed E-state index contributed by atoms with van der Waals surface area (Å²) in [6.07, 6.45) is -1.14. The molecule has 0 amide bonds. The summed E-state index contributed by atoms with van der Waals surface area (Å²) in [6.45, 7) is -0.394. The van der Waals surface area contributed by atoms with Crippen molar-refractivity contribution < 1.29 is 8.78 Å². The fourth-order valence-electron chi connectivity index (χ4n) is 0.549. The van der Waals surface area contributed by atoms with Crippen LogP contribution in [0, 0.1) is 4.77 Å². The second-order valence-corrected chi connectivity index (χ2v) is 2.09. The van der Waals surface area contributed by atoms with Crippen molar-refractivity contribution in [2.75, 3.05) is 0 Å². The van der Waals surface area contributed by atoms with Crippen LogP contribution in [-0.2, 0) is 6.54 Å². The molecule has 0 saturated carbocycles. The van der Waals surface area contributed by atoms with Crippen molar-refractivity contribution in [1.29, 1.82) is 0 Å². The van der Waals surface area contributed by atoms with E-state index in [1.54, 1.807) is 0 Å². The molecule has 0 radical (unpaired) electrons. The molecule has 6 heteroatoms. The van der Waals surface area contributed by atoms with E-state index in [4.69, 9.17) is 0 Å². The number of H-pyrrole nitrogens is 1. The normalized spacial score (nSPS) is 10.7. The third-order valence-corrected chi connectivity index (χ3v) is 1.28. The minimum atomic E-state index is -2.38. The van der Waals surface area contributed by atoms with Crippen molar-refractivity contribution in [3.05, 3.63) is 11.1 Å². The van der Waals surface area contributed by atoms with Crippen LogP contribution in [0.3, 0.4) is 0 Å². The molecule has 0 atom stereocenters. The number of halogens is 2. The van der Waals surface area contributed by atoms with Gasteiger partial charge >= 0.3 is 0 Å². The topological polar surface area (TPSA) is 33.6 Å². The zero-order chi connectivity index (χ0) is 7.56. The highest BCUT2D eigenvalue weighted by atomic mass is 32.1. The van der Waals surface area contributed by atoms with Crippen LogP contribution < -0.4 is 0 Å². The van der Waals surface area contributed by atoms with Crippen molar-refractivity contribution in [3.63, 3.8) is 0 Å². The Kier molecular flexibility index (Phi) is 2.10. The van der Waals surface area contributed by atoms with Crippen LogP contribution in [0.5, 0.6) is 0 Å². The number of hydrogen-bond donors (Lipinski definition) is 1. The second-order valence-electron chi connectivity index (χ2n) is 1.70. The first-order valence-electron chi connectivity index (χ1n) is 2.58. The summed E-state index contributed by atoms with van der Waals surface area (Å²) in [4.78, 5) is 0. The molecule has 1 aromatic rings.